The van der Waals surface area contributed by atoms with Crippen LogP contribution in [0, 0.1) is 0 Å². The van der Waals surface area contributed by atoms with E-state index in [0.29, 0.717) is 0 Å². The van der Waals surface area contributed by atoms with Gasteiger partial charge in [-0.3, -0.25) is 4.90 Å². The van der Waals surface area contributed by atoms with Crippen LogP contribution in [0.15, 0.2) is 15.9 Å². The molecule has 1 aliphatic rings. The van der Waals surface area contributed by atoms with Crippen LogP contribution in [-0.4, -0.2) is 29.0 Å². The average molecular weight is 292 g/mol. The zero-order valence-electron chi connectivity index (χ0n) is 8.20. The number of nitrogens with zero attached hydrogens (tertiary/aromatic N) is 1. The van der Waals surface area contributed by atoms with Gasteiger partial charge >= 0.3 is 0 Å². The van der Waals surface area contributed by atoms with Crippen molar-refractivity contribution in [3.63, 3.8) is 0 Å². The summed E-state index contributed by atoms with van der Waals surface area (Å²) in [5, 5.41) is 2.17. The number of halogens is 1. The molecule has 1 nitrogen and oxygen atoms in total. The number of thioether (sulfide) groups is 1. The Hall–Kier alpha value is 0.490. The van der Waals surface area contributed by atoms with Crippen molar-refractivity contribution in [2.75, 3.05) is 18.1 Å². The molecule has 1 unspecified atom stereocenters. The summed E-state index contributed by atoms with van der Waals surface area (Å²) in [6.45, 7) is 4.69. The highest BCUT2D eigenvalue weighted by atomic mass is 79.9. The highest BCUT2D eigenvalue weighted by Crippen LogP contribution is 2.24. The molecule has 0 radical (unpaired) electrons. The van der Waals surface area contributed by atoms with Crippen molar-refractivity contribution >= 4 is 39.0 Å². The maximum Gasteiger partial charge on any atom is 0.0331 e. The Labute approximate surface area is 102 Å². The van der Waals surface area contributed by atoms with Crippen molar-refractivity contribution < 1.29 is 0 Å². The van der Waals surface area contributed by atoms with Gasteiger partial charge in [-0.15, -0.1) is 11.3 Å². The molecule has 0 aliphatic carbocycles. The number of hydrogen-bond donors (Lipinski definition) is 0. The smallest absolute Gasteiger partial charge is 0.0331 e. The lowest BCUT2D eigenvalue weighted by molar-refractivity contribution is 0.226. The van der Waals surface area contributed by atoms with Crippen LogP contribution in [0.5, 0.6) is 0 Å². The molecule has 0 N–H and O–H groups in total. The van der Waals surface area contributed by atoms with Crippen LogP contribution in [0.1, 0.15) is 11.8 Å². The van der Waals surface area contributed by atoms with Gasteiger partial charge in [0.1, 0.15) is 0 Å². The van der Waals surface area contributed by atoms with Crippen LogP contribution < -0.4 is 0 Å². The van der Waals surface area contributed by atoms with Gasteiger partial charge in [0, 0.05) is 45.4 Å². The normalized spacial score (nSPS) is 24.0. The summed E-state index contributed by atoms with van der Waals surface area (Å²) >= 11 is 7.42. The van der Waals surface area contributed by atoms with Gasteiger partial charge in [0.15, 0.2) is 0 Å². The van der Waals surface area contributed by atoms with Gasteiger partial charge in [-0.1, -0.05) is 0 Å². The van der Waals surface area contributed by atoms with Gasteiger partial charge in [0.05, 0.1) is 0 Å². The fourth-order valence-corrected chi connectivity index (χ4v) is 4.19. The van der Waals surface area contributed by atoms with Crippen LogP contribution in [0.4, 0.5) is 0 Å². The van der Waals surface area contributed by atoms with Crippen molar-refractivity contribution in [1.82, 2.24) is 4.90 Å². The fraction of sp³-hybridized carbons (Fsp3) is 0.600. The summed E-state index contributed by atoms with van der Waals surface area (Å²) in [6.07, 6.45) is 0. The lowest BCUT2D eigenvalue weighted by Crippen LogP contribution is -2.39. The van der Waals surface area contributed by atoms with Crippen molar-refractivity contribution in [1.29, 1.82) is 0 Å². The molecule has 2 rings (SSSR count). The Morgan fingerprint density at radius 2 is 2.50 bits per heavy atom. The molecule has 78 valence electrons. The van der Waals surface area contributed by atoms with E-state index in [0.717, 1.165) is 12.6 Å². The second kappa shape index (κ2) is 5.01. The van der Waals surface area contributed by atoms with Crippen molar-refractivity contribution in [2.45, 2.75) is 19.5 Å². The van der Waals surface area contributed by atoms with Gasteiger partial charge < -0.3 is 0 Å². The summed E-state index contributed by atoms with van der Waals surface area (Å²) in [6, 6.07) is 2.97. The summed E-state index contributed by atoms with van der Waals surface area (Å²) in [4.78, 5) is 4.05. The van der Waals surface area contributed by atoms with Gasteiger partial charge in [0.25, 0.3) is 0 Å². The third kappa shape index (κ3) is 2.75. The van der Waals surface area contributed by atoms with Gasteiger partial charge in [-0.25, -0.2) is 0 Å². The third-order valence-corrected chi connectivity index (χ3v) is 5.36. The van der Waals surface area contributed by atoms with Crippen LogP contribution in [0.3, 0.4) is 0 Å². The van der Waals surface area contributed by atoms with E-state index in [1.165, 1.54) is 27.4 Å². The first-order chi connectivity index (χ1) is 6.75. The number of hydrogen-bond acceptors (Lipinski definition) is 3. The van der Waals surface area contributed by atoms with Gasteiger partial charge in [-0.2, -0.15) is 11.8 Å². The van der Waals surface area contributed by atoms with E-state index in [2.05, 4.69) is 51.0 Å². The Kier molecular flexibility index (Phi) is 3.93. The van der Waals surface area contributed by atoms with E-state index >= 15 is 0 Å². The molecule has 1 atom stereocenters. The standard InChI is InChI=1S/C10H14BrNS2/c1-8-6-13-3-2-12(8)5-10-4-9(11)7-14-10/h4,7-8H,2-3,5-6H2,1H3. The lowest BCUT2D eigenvalue weighted by Gasteiger charge is -2.32. The fourth-order valence-electron chi connectivity index (χ4n) is 1.63. The van der Waals surface area contributed by atoms with E-state index in [-0.39, 0.29) is 0 Å². The largest absolute Gasteiger partial charge is 0.294 e. The molecule has 1 aromatic heterocycles. The maximum absolute atomic E-state index is 3.50. The molecule has 1 saturated heterocycles. The van der Waals surface area contributed by atoms with E-state index in [1.807, 2.05) is 11.3 Å². The van der Waals surface area contributed by atoms with Crippen LogP contribution >= 0.6 is 39.0 Å². The highest BCUT2D eigenvalue weighted by molar-refractivity contribution is 9.10. The molecular weight excluding hydrogens is 278 g/mol. The summed E-state index contributed by atoms with van der Waals surface area (Å²) < 4.78 is 1.22. The quantitative estimate of drug-likeness (QED) is 0.821. The molecule has 1 fully saturated rings. The first-order valence-electron chi connectivity index (χ1n) is 4.80. The van der Waals surface area contributed by atoms with E-state index < -0.39 is 0 Å². The zero-order valence-corrected chi connectivity index (χ0v) is 11.4. The van der Waals surface area contributed by atoms with Crippen LogP contribution in [0.25, 0.3) is 0 Å². The molecule has 0 saturated carbocycles. The zero-order chi connectivity index (χ0) is 9.97. The summed E-state index contributed by atoms with van der Waals surface area (Å²) in [7, 11) is 0. The average Bonchev–Trinajstić information content (AvgIpc) is 2.56. The first kappa shape index (κ1) is 11.0. The van der Waals surface area contributed by atoms with Crippen LogP contribution in [0.2, 0.25) is 0 Å². The predicted molar refractivity (Wildman–Crippen MR) is 69.2 cm³/mol. The molecule has 14 heavy (non-hydrogen) atoms. The number of thiophene rings is 1. The molecule has 0 bridgehead atoms. The first-order valence-corrected chi connectivity index (χ1v) is 7.63. The molecule has 2 heterocycles. The molecule has 4 heteroatoms. The lowest BCUT2D eigenvalue weighted by atomic mass is 10.3. The van der Waals surface area contributed by atoms with Crippen molar-refractivity contribution in [3.05, 3.63) is 20.8 Å². The molecule has 1 aliphatic heterocycles. The monoisotopic (exact) mass is 291 g/mol. The molecule has 0 spiro atoms. The Morgan fingerprint density at radius 3 is 3.14 bits per heavy atom. The van der Waals surface area contributed by atoms with Gasteiger partial charge in [-0.05, 0) is 28.9 Å². The maximum atomic E-state index is 3.50. The third-order valence-electron chi connectivity index (χ3n) is 2.49. The Balaban J connectivity index is 1.95. The number of rotatable bonds is 2. The molecule has 0 aromatic carbocycles. The summed E-state index contributed by atoms with van der Waals surface area (Å²) in [5.74, 6) is 2.57. The Bertz CT molecular complexity index is 300. The minimum absolute atomic E-state index is 0.731. The highest BCUT2D eigenvalue weighted by Gasteiger charge is 2.18. The molecule has 1 aromatic rings. The SMILES string of the molecule is CC1CSCCN1Cc1cc(Br)cs1. The van der Waals surface area contributed by atoms with Crippen molar-refractivity contribution in [2.24, 2.45) is 0 Å². The van der Waals surface area contributed by atoms with Gasteiger partial charge in [0.2, 0.25) is 0 Å². The summed E-state index contributed by atoms with van der Waals surface area (Å²) in [5.41, 5.74) is 0. The molecular formula is C10H14BrNS2. The van der Waals surface area contributed by atoms with E-state index in [1.54, 1.807) is 0 Å². The van der Waals surface area contributed by atoms with E-state index in [9.17, 15) is 0 Å². The Morgan fingerprint density at radius 1 is 1.64 bits per heavy atom. The second-order valence-corrected chi connectivity index (χ2v) is 6.69. The van der Waals surface area contributed by atoms with Crippen LogP contribution in [-0.2, 0) is 6.54 Å². The van der Waals surface area contributed by atoms with Crippen molar-refractivity contribution in [3.8, 4) is 0 Å². The minimum Gasteiger partial charge on any atom is -0.294 e. The van der Waals surface area contributed by atoms with E-state index in [4.69, 9.17) is 0 Å². The predicted octanol–water partition coefficient (Wildman–Crippen LogP) is 3.45. The minimum atomic E-state index is 0.731. The molecule has 0 amide bonds. The second-order valence-electron chi connectivity index (χ2n) is 3.63. The topological polar surface area (TPSA) is 3.24 Å².